The van der Waals surface area contributed by atoms with E-state index in [1.54, 1.807) is 29.8 Å². The number of benzene rings is 2. The predicted octanol–water partition coefficient (Wildman–Crippen LogP) is 4.48. The summed E-state index contributed by atoms with van der Waals surface area (Å²) in [6, 6.07) is 14.2. The lowest BCUT2D eigenvalue weighted by Crippen LogP contribution is -2.16. The molecule has 0 atom stereocenters. The molecule has 0 aliphatic carbocycles. The molecule has 1 amide bonds. The first kappa shape index (κ1) is 19.1. The van der Waals surface area contributed by atoms with E-state index in [9.17, 15) is 9.18 Å². The Bertz CT molecular complexity index is 955. The van der Waals surface area contributed by atoms with Gasteiger partial charge in [0.1, 0.15) is 5.82 Å². The first-order chi connectivity index (χ1) is 13.0. The maximum Gasteiger partial charge on any atom is 0.234 e. The topological polar surface area (TPSA) is 59.8 Å². The second kappa shape index (κ2) is 8.35. The number of amides is 1. The first-order valence-corrected chi connectivity index (χ1v) is 9.61. The Balaban J connectivity index is 1.68. The minimum atomic E-state index is -0.354. The summed E-state index contributed by atoms with van der Waals surface area (Å²) in [6.45, 7) is 4.17. The van der Waals surface area contributed by atoms with Gasteiger partial charge in [0.15, 0.2) is 11.0 Å². The van der Waals surface area contributed by atoms with Crippen molar-refractivity contribution in [1.29, 1.82) is 0 Å². The predicted molar refractivity (Wildman–Crippen MR) is 106 cm³/mol. The zero-order chi connectivity index (χ0) is 19.4. The Hall–Kier alpha value is -2.67. The first-order valence-electron chi connectivity index (χ1n) is 8.63. The minimum Gasteiger partial charge on any atom is -0.325 e. The molecular formula is C20H21FN4OS. The Morgan fingerprint density at radius 3 is 2.59 bits per heavy atom. The number of para-hydroxylation sites is 1. The number of carbonyl (C=O) groups excluding carboxylic acids is 1. The molecule has 5 nitrogen and oxygen atoms in total. The molecule has 2 aromatic carbocycles. The van der Waals surface area contributed by atoms with Gasteiger partial charge in [-0.1, -0.05) is 55.9 Å². The van der Waals surface area contributed by atoms with Gasteiger partial charge in [0, 0.05) is 12.7 Å². The van der Waals surface area contributed by atoms with Crippen molar-refractivity contribution in [1.82, 2.24) is 14.8 Å². The molecule has 0 unspecified atom stereocenters. The van der Waals surface area contributed by atoms with Crippen LogP contribution < -0.4 is 5.32 Å². The van der Waals surface area contributed by atoms with Crippen molar-refractivity contribution in [3.05, 3.63) is 59.9 Å². The Kier molecular flexibility index (Phi) is 5.91. The highest BCUT2D eigenvalue weighted by molar-refractivity contribution is 7.99. The third-order valence-corrected chi connectivity index (χ3v) is 5.16. The standard InChI is InChI=1S/C20H21FN4OS/c1-13(2)14-8-5-7-11-17(14)22-18(26)12-27-20-24-23-19(25(20)3)15-9-4-6-10-16(15)21/h4-11,13H,12H2,1-3H3,(H,22,26). The summed E-state index contributed by atoms with van der Waals surface area (Å²) in [7, 11) is 1.76. The van der Waals surface area contributed by atoms with Crippen LogP contribution in [0.1, 0.15) is 25.3 Å². The average molecular weight is 384 g/mol. The van der Waals surface area contributed by atoms with Crippen molar-refractivity contribution in [3.8, 4) is 11.4 Å². The summed E-state index contributed by atoms with van der Waals surface area (Å²) in [5.74, 6) is 0.462. The Morgan fingerprint density at radius 2 is 1.85 bits per heavy atom. The molecule has 0 spiro atoms. The lowest BCUT2D eigenvalue weighted by molar-refractivity contribution is -0.113. The molecule has 1 heterocycles. The molecule has 0 fully saturated rings. The fraction of sp³-hybridized carbons (Fsp3) is 0.250. The molecular weight excluding hydrogens is 363 g/mol. The molecule has 0 saturated heterocycles. The van der Waals surface area contributed by atoms with E-state index in [1.165, 1.54) is 17.8 Å². The van der Waals surface area contributed by atoms with Crippen LogP contribution in [-0.2, 0) is 11.8 Å². The summed E-state index contributed by atoms with van der Waals surface area (Å²) < 4.78 is 15.7. The van der Waals surface area contributed by atoms with E-state index in [4.69, 9.17) is 0 Å². The zero-order valence-corrected chi connectivity index (χ0v) is 16.3. The third kappa shape index (κ3) is 4.36. The van der Waals surface area contributed by atoms with E-state index in [-0.39, 0.29) is 17.5 Å². The van der Waals surface area contributed by atoms with Crippen LogP contribution in [0.15, 0.2) is 53.7 Å². The van der Waals surface area contributed by atoms with Crippen LogP contribution >= 0.6 is 11.8 Å². The minimum absolute atomic E-state index is 0.122. The molecule has 0 bridgehead atoms. The normalized spacial score (nSPS) is 11.0. The number of thioether (sulfide) groups is 1. The third-order valence-electron chi connectivity index (χ3n) is 4.14. The van der Waals surface area contributed by atoms with Gasteiger partial charge in [-0.15, -0.1) is 10.2 Å². The molecule has 0 radical (unpaired) electrons. The lowest BCUT2D eigenvalue weighted by atomic mass is 10.0. The van der Waals surface area contributed by atoms with Crippen LogP contribution in [0.5, 0.6) is 0 Å². The number of hydrogen-bond donors (Lipinski definition) is 1. The molecule has 7 heteroatoms. The molecule has 140 valence electrons. The maximum atomic E-state index is 14.0. The SMILES string of the molecule is CC(C)c1ccccc1NC(=O)CSc1nnc(-c2ccccc2F)n1C. The molecule has 0 saturated carbocycles. The van der Waals surface area contributed by atoms with Gasteiger partial charge < -0.3 is 9.88 Å². The van der Waals surface area contributed by atoms with E-state index in [2.05, 4.69) is 29.4 Å². The van der Waals surface area contributed by atoms with Crippen LogP contribution in [0.4, 0.5) is 10.1 Å². The van der Waals surface area contributed by atoms with Gasteiger partial charge in [0.25, 0.3) is 0 Å². The number of rotatable bonds is 6. The summed E-state index contributed by atoms with van der Waals surface area (Å²) in [5, 5.41) is 11.7. The van der Waals surface area contributed by atoms with Crippen molar-refractivity contribution in [2.75, 3.05) is 11.1 Å². The van der Waals surface area contributed by atoms with Gasteiger partial charge in [0.05, 0.1) is 11.3 Å². The number of nitrogens with zero attached hydrogens (tertiary/aromatic N) is 3. The largest absolute Gasteiger partial charge is 0.325 e. The van der Waals surface area contributed by atoms with Gasteiger partial charge in [-0.2, -0.15) is 0 Å². The number of anilines is 1. The quantitative estimate of drug-likeness (QED) is 0.637. The molecule has 0 aliphatic heterocycles. The number of nitrogens with one attached hydrogen (secondary N) is 1. The number of aromatic nitrogens is 3. The Labute approximate surface area is 162 Å². The van der Waals surface area contributed by atoms with Crippen LogP contribution in [-0.4, -0.2) is 26.4 Å². The average Bonchev–Trinajstić information content (AvgIpc) is 3.01. The molecule has 27 heavy (non-hydrogen) atoms. The van der Waals surface area contributed by atoms with Crippen LogP contribution in [0, 0.1) is 5.82 Å². The van der Waals surface area contributed by atoms with Gasteiger partial charge in [0.2, 0.25) is 5.91 Å². The van der Waals surface area contributed by atoms with E-state index in [0.717, 1.165) is 11.3 Å². The summed E-state index contributed by atoms with van der Waals surface area (Å²) in [5.41, 5.74) is 2.30. The molecule has 3 rings (SSSR count). The van der Waals surface area contributed by atoms with Gasteiger partial charge in [-0.3, -0.25) is 4.79 Å². The van der Waals surface area contributed by atoms with E-state index < -0.39 is 0 Å². The fourth-order valence-electron chi connectivity index (χ4n) is 2.75. The van der Waals surface area contributed by atoms with Crippen molar-refractivity contribution in [2.45, 2.75) is 24.9 Å². The summed E-state index contributed by atoms with van der Waals surface area (Å²) in [6.07, 6.45) is 0. The number of halogens is 1. The molecule has 1 aromatic heterocycles. The monoisotopic (exact) mass is 384 g/mol. The second-order valence-electron chi connectivity index (χ2n) is 6.42. The summed E-state index contributed by atoms with van der Waals surface area (Å²) >= 11 is 1.26. The number of hydrogen-bond acceptors (Lipinski definition) is 4. The van der Waals surface area contributed by atoms with Crippen LogP contribution in [0.2, 0.25) is 0 Å². The number of carbonyl (C=O) groups is 1. The van der Waals surface area contributed by atoms with Gasteiger partial charge >= 0.3 is 0 Å². The van der Waals surface area contributed by atoms with Crippen molar-refractivity contribution < 1.29 is 9.18 Å². The zero-order valence-electron chi connectivity index (χ0n) is 15.4. The van der Waals surface area contributed by atoms with Crippen molar-refractivity contribution >= 4 is 23.4 Å². The summed E-state index contributed by atoms with van der Waals surface area (Å²) in [4.78, 5) is 12.4. The molecule has 3 aromatic rings. The van der Waals surface area contributed by atoms with Crippen molar-refractivity contribution in [2.24, 2.45) is 7.05 Å². The Morgan fingerprint density at radius 1 is 1.15 bits per heavy atom. The van der Waals surface area contributed by atoms with Crippen LogP contribution in [0.25, 0.3) is 11.4 Å². The van der Waals surface area contributed by atoms with E-state index >= 15 is 0 Å². The highest BCUT2D eigenvalue weighted by Gasteiger charge is 2.16. The van der Waals surface area contributed by atoms with E-state index in [1.807, 2.05) is 24.3 Å². The highest BCUT2D eigenvalue weighted by Crippen LogP contribution is 2.26. The molecule has 1 N–H and O–H groups in total. The second-order valence-corrected chi connectivity index (χ2v) is 7.37. The fourth-order valence-corrected chi connectivity index (χ4v) is 3.46. The highest BCUT2D eigenvalue weighted by atomic mass is 32.2. The maximum absolute atomic E-state index is 14.0. The van der Waals surface area contributed by atoms with Gasteiger partial charge in [-0.05, 0) is 29.7 Å². The molecule has 0 aliphatic rings. The lowest BCUT2D eigenvalue weighted by Gasteiger charge is -2.13. The van der Waals surface area contributed by atoms with Crippen LogP contribution in [0.3, 0.4) is 0 Å². The van der Waals surface area contributed by atoms with Gasteiger partial charge in [-0.25, -0.2) is 4.39 Å². The smallest absolute Gasteiger partial charge is 0.234 e. The van der Waals surface area contributed by atoms with Crippen molar-refractivity contribution in [3.63, 3.8) is 0 Å². The van der Waals surface area contributed by atoms with E-state index in [0.29, 0.717) is 22.5 Å².